The van der Waals surface area contributed by atoms with Gasteiger partial charge in [-0.05, 0) is 31.6 Å². The molecule has 0 saturated heterocycles. The average Bonchev–Trinajstić information content (AvgIpc) is 2.97. The maximum Gasteiger partial charge on any atom is 0.219 e. The van der Waals surface area contributed by atoms with Gasteiger partial charge in [0.15, 0.2) is 5.82 Å². The Morgan fingerprint density at radius 1 is 1.40 bits per heavy atom. The number of aromatic nitrogens is 3. The topological polar surface area (TPSA) is 63.3 Å². The quantitative estimate of drug-likeness (QED) is 0.930. The standard InChI is InChI=1S/C15H16N4O/c1-3-7-19-10(2)18-13(15(19)20)8-11-9-17-14-12(11)5-4-6-16-14/h4-6,8-9,20H,3,7H2,1-2H3. The van der Waals surface area contributed by atoms with E-state index in [4.69, 9.17) is 0 Å². The van der Waals surface area contributed by atoms with Crippen LogP contribution in [0.4, 0.5) is 5.82 Å². The van der Waals surface area contributed by atoms with Crippen molar-refractivity contribution in [2.24, 2.45) is 4.99 Å². The summed E-state index contributed by atoms with van der Waals surface area (Å²) in [5.74, 6) is 1.74. The normalized spacial score (nSPS) is 15.0. The maximum absolute atomic E-state index is 10.2. The molecular weight excluding hydrogens is 252 g/mol. The predicted molar refractivity (Wildman–Crippen MR) is 79.2 cm³/mol. The van der Waals surface area contributed by atoms with Crippen molar-refractivity contribution in [2.45, 2.75) is 26.8 Å². The van der Waals surface area contributed by atoms with E-state index in [1.54, 1.807) is 12.4 Å². The number of fused-ring (bicyclic) bond motifs is 1. The van der Waals surface area contributed by atoms with Gasteiger partial charge in [0.2, 0.25) is 5.88 Å². The molecule has 2 aromatic heterocycles. The Morgan fingerprint density at radius 3 is 3.05 bits per heavy atom. The highest BCUT2D eigenvalue weighted by Gasteiger charge is 2.16. The predicted octanol–water partition coefficient (Wildman–Crippen LogP) is 2.96. The molecule has 102 valence electrons. The fourth-order valence-electron chi connectivity index (χ4n) is 2.35. The minimum Gasteiger partial charge on any atom is -0.493 e. The van der Waals surface area contributed by atoms with Crippen LogP contribution in [0.3, 0.4) is 0 Å². The van der Waals surface area contributed by atoms with Gasteiger partial charge in [0, 0.05) is 30.1 Å². The summed E-state index contributed by atoms with van der Waals surface area (Å²) < 4.78 is 1.82. The van der Waals surface area contributed by atoms with Gasteiger partial charge in [0.25, 0.3) is 0 Å². The van der Waals surface area contributed by atoms with E-state index in [0.29, 0.717) is 11.5 Å². The summed E-state index contributed by atoms with van der Waals surface area (Å²) >= 11 is 0. The zero-order chi connectivity index (χ0) is 14.1. The summed E-state index contributed by atoms with van der Waals surface area (Å²) in [7, 11) is 0. The van der Waals surface area contributed by atoms with Crippen molar-refractivity contribution in [2.75, 3.05) is 0 Å². The van der Waals surface area contributed by atoms with Gasteiger partial charge < -0.3 is 5.11 Å². The van der Waals surface area contributed by atoms with Crippen molar-refractivity contribution in [3.63, 3.8) is 0 Å². The molecule has 20 heavy (non-hydrogen) atoms. The highest BCUT2D eigenvalue weighted by molar-refractivity contribution is 6.20. The van der Waals surface area contributed by atoms with Gasteiger partial charge in [0.05, 0.1) is 0 Å². The van der Waals surface area contributed by atoms with E-state index in [2.05, 4.69) is 21.9 Å². The van der Waals surface area contributed by atoms with Crippen molar-refractivity contribution < 1.29 is 5.11 Å². The van der Waals surface area contributed by atoms with E-state index in [0.717, 1.165) is 29.9 Å². The van der Waals surface area contributed by atoms with E-state index in [1.807, 2.05) is 29.7 Å². The Balaban J connectivity index is 2.02. The third-order valence-corrected chi connectivity index (χ3v) is 3.32. The first-order chi connectivity index (χ1) is 9.70. The molecule has 3 heterocycles. The fraction of sp³-hybridized carbons (Fsp3) is 0.267. The van der Waals surface area contributed by atoms with Gasteiger partial charge in [-0.25, -0.2) is 15.0 Å². The summed E-state index contributed by atoms with van der Waals surface area (Å²) in [6.07, 6.45) is 6.28. The molecule has 5 nitrogen and oxygen atoms in total. The largest absolute Gasteiger partial charge is 0.493 e. The Kier molecular flexibility index (Phi) is 3.10. The van der Waals surface area contributed by atoms with Crippen molar-refractivity contribution in [1.82, 2.24) is 14.5 Å². The molecule has 1 N–H and O–H groups in total. The molecule has 5 heteroatoms. The number of hydrogen-bond donors (Lipinski definition) is 1. The molecule has 1 aliphatic rings. The van der Waals surface area contributed by atoms with E-state index >= 15 is 0 Å². The van der Waals surface area contributed by atoms with Crippen LogP contribution in [0.2, 0.25) is 0 Å². The fourth-order valence-corrected chi connectivity index (χ4v) is 2.35. The smallest absolute Gasteiger partial charge is 0.219 e. The molecule has 0 aliphatic carbocycles. The van der Waals surface area contributed by atoms with Gasteiger partial charge in [-0.2, -0.15) is 0 Å². The number of allylic oxidation sites excluding steroid dienone is 1. The minimum absolute atomic E-state index is 0.211. The summed E-state index contributed by atoms with van der Waals surface area (Å²) in [6, 6.07) is 3.84. The molecule has 0 fully saturated rings. The first kappa shape index (κ1) is 12.6. The molecule has 0 atom stereocenters. The maximum atomic E-state index is 10.2. The molecule has 0 bridgehead atoms. The van der Waals surface area contributed by atoms with Crippen molar-refractivity contribution in [1.29, 1.82) is 0 Å². The number of nitrogens with zero attached hydrogens (tertiary/aromatic N) is 4. The number of aryl methyl sites for hydroxylation is 1. The Morgan fingerprint density at radius 2 is 2.25 bits per heavy atom. The first-order valence-corrected chi connectivity index (χ1v) is 6.68. The van der Waals surface area contributed by atoms with Crippen molar-refractivity contribution >= 4 is 23.7 Å². The zero-order valence-corrected chi connectivity index (χ0v) is 11.5. The number of rotatable bonds is 3. The first-order valence-electron chi connectivity index (χ1n) is 6.68. The summed E-state index contributed by atoms with van der Waals surface area (Å²) in [6.45, 7) is 4.73. The second-order valence-electron chi connectivity index (χ2n) is 4.75. The molecule has 0 spiro atoms. The lowest BCUT2D eigenvalue weighted by Crippen LogP contribution is -1.98. The van der Waals surface area contributed by atoms with Crippen LogP contribution >= 0.6 is 0 Å². The molecule has 0 saturated carbocycles. The third kappa shape index (κ3) is 2.01. The second-order valence-corrected chi connectivity index (χ2v) is 4.75. The van der Waals surface area contributed by atoms with Crippen LogP contribution in [0.25, 0.3) is 11.6 Å². The monoisotopic (exact) mass is 268 g/mol. The molecule has 1 aliphatic heterocycles. The van der Waals surface area contributed by atoms with Crippen LogP contribution in [0.5, 0.6) is 5.88 Å². The Labute approximate surface area is 117 Å². The lowest BCUT2D eigenvalue weighted by atomic mass is 10.1. The van der Waals surface area contributed by atoms with Crippen LogP contribution < -0.4 is 0 Å². The summed E-state index contributed by atoms with van der Waals surface area (Å²) in [4.78, 5) is 12.9. The highest BCUT2D eigenvalue weighted by atomic mass is 16.3. The molecule has 0 unspecified atom stereocenters. The number of aromatic hydroxyl groups is 1. The SMILES string of the molecule is CCCn1c(C)nc(C=C2C=Nc3ncccc32)c1O. The lowest BCUT2D eigenvalue weighted by Gasteiger charge is -2.03. The van der Waals surface area contributed by atoms with E-state index in [-0.39, 0.29) is 5.88 Å². The third-order valence-electron chi connectivity index (χ3n) is 3.32. The molecule has 0 amide bonds. The van der Waals surface area contributed by atoms with Crippen LogP contribution in [0.1, 0.15) is 30.4 Å². The molecule has 0 aromatic carbocycles. The van der Waals surface area contributed by atoms with E-state index < -0.39 is 0 Å². The number of hydrogen-bond acceptors (Lipinski definition) is 4. The number of pyridine rings is 1. The minimum atomic E-state index is 0.211. The van der Waals surface area contributed by atoms with Gasteiger partial charge >= 0.3 is 0 Å². The summed E-state index contributed by atoms with van der Waals surface area (Å²) in [5, 5.41) is 10.2. The van der Waals surface area contributed by atoms with Crippen molar-refractivity contribution in [3.8, 4) is 5.88 Å². The van der Waals surface area contributed by atoms with Crippen LogP contribution in [0.15, 0.2) is 23.3 Å². The zero-order valence-electron chi connectivity index (χ0n) is 11.5. The van der Waals surface area contributed by atoms with Crippen molar-refractivity contribution in [3.05, 3.63) is 35.4 Å². The molecule has 0 radical (unpaired) electrons. The van der Waals surface area contributed by atoms with Gasteiger partial charge in [-0.3, -0.25) is 4.57 Å². The van der Waals surface area contributed by atoms with Crippen LogP contribution in [0, 0.1) is 6.92 Å². The van der Waals surface area contributed by atoms with Gasteiger partial charge in [0.1, 0.15) is 11.5 Å². The van der Waals surface area contributed by atoms with Gasteiger partial charge in [-0.15, -0.1) is 0 Å². The van der Waals surface area contributed by atoms with Crippen LogP contribution in [-0.2, 0) is 6.54 Å². The lowest BCUT2D eigenvalue weighted by molar-refractivity contribution is 0.412. The number of aliphatic imine (C=N–C) groups is 1. The van der Waals surface area contributed by atoms with Crippen LogP contribution in [-0.4, -0.2) is 25.9 Å². The Bertz CT molecular complexity index is 713. The second kappa shape index (κ2) is 4.92. The highest BCUT2D eigenvalue weighted by Crippen LogP contribution is 2.31. The number of imidazole rings is 1. The Hall–Kier alpha value is -2.43. The van der Waals surface area contributed by atoms with E-state index in [9.17, 15) is 5.11 Å². The molecular formula is C15H16N4O. The molecule has 2 aromatic rings. The average molecular weight is 268 g/mol. The molecule has 3 rings (SSSR count). The van der Waals surface area contributed by atoms with E-state index in [1.165, 1.54) is 0 Å². The van der Waals surface area contributed by atoms with Gasteiger partial charge in [-0.1, -0.05) is 6.92 Å². The summed E-state index contributed by atoms with van der Waals surface area (Å²) in [5.41, 5.74) is 2.47.